The highest BCUT2D eigenvalue weighted by atomic mass is 31.1. The summed E-state index contributed by atoms with van der Waals surface area (Å²) < 4.78 is 0. The average Bonchev–Trinajstić information content (AvgIpc) is 2.82. The lowest BCUT2D eigenvalue weighted by Crippen LogP contribution is -2.34. The zero-order chi connectivity index (χ0) is 22.2. The molecule has 1 aliphatic rings. The molecular formula is C29H29N2P. The maximum absolute atomic E-state index is 2.43. The fraction of sp³-hybridized carbons (Fsp3) is 0.172. The first-order valence-corrected chi connectivity index (χ1v) is 12.4. The first kappa shape index (κ1) is 20.8. The maximum atomic E-state index is 2.43. The van der Waals surface area contributed by atoms with Gasteiger partial charge in [0, 0.05) is 45.5 Å². The van der Waals surface area contributed by atoms with Gasteiger partial charge in [-0.15, -0.1) is 0 Å². The first-order chi connectivity index (χ1) is 15.5. The standard InChI is InChI=1S/C29H29N2P/c1-30(2)22-15-17-25-27(19-22)32(24-13-9-6-10-14-24)28-20-23(31(3)4)16-18-26(28)29(25)21-11-7-5-8-12-21/h5-20,29H,1-4H3. The highest BCUT2D eigenvalue weighted by Crippen LogP contribution is 2.47. The Morgan fingerprint density at radius 3 is 1.50 bits per heavy atom. The van der Waals surface area contributed by atoms with Gasteiger partial charge in [0.25, 0.3) is 0 Å². The molecule has 0 aliphatic carbocycles. The van der Waals surface area contributed by atoms with Gasteiger partial charge in [0.1, 0.15) is 0 Å². The molecule has 4 aromatic carbocycles. The van der Waals surface area contributed by atoms with Crippen molar-refractivity contribution in [1.82, 2.24) is 0 Å². The molecule has 4 aromatic rings. The molecule has 0 atom stereocenters. The van der Waals surface area contributed by atoms with Crippen molar-refractivity contribution in [2.75, 3.05) is 38.0 Å². The third-order valence-corrected chi connectivity index (χ3v) is 8.86. The molecule has 5 rings (SSSR count). The molecule has 0 saturated carbocycles. The zero-order valence-corrected chi connectivity index (χ0v) is 20.1. The minimum Gasteiger partial charge on any atom is -0.378 e. The van der Waals surface area contributed by atoms with Crippen molar-refractivity contribution in [3.8, 4) is 0 Å². The van der Waals surface area contributed by atoms with Gasteiger partial charge >= 0.3 is 0 Å². The molecule has 0 unspecified atom stereocenters. The summed E-state index contributed by atoms with van der Waals surface area (Å²) in [6.45, 7) is 0. The van der Waals surface area contributed by atoms with Crippen LogP contribution >= 0.6 is 7.92 Å². The van der Waals surface area contributed by atoms with Crippen molar-refractivity contribution in [2.24, 2.45) is 0 Å². The highest BCUT2D eigenvalue weighted by molar-refractivity contribution is 7.80. The fourth-order valence-electron chi connectivity index (χ4n) is 4.65. The van der Waals surface area contributed by atoms with Gasteiger partial charge in [0.15, 0.2) is 0 Å². The van der Waals surface area contributed by atoms with Gasteiger partial charge in [-0.05, 0) is 64.8 Å². The number of fused-ring (bicyclic) bond motifs is 2. The molecule has 0 aromatic heterocycles. The van der Waals surface area contributed by atoms with Crippen molar-refractivity contribution >= 4 is 35.2 Å². The maximum Gasteiger partial charge on any atom is 0.0367 e. The molecule has 0 bridgehead atoms. The Morgan fingerprint density at radius 1 is 0.562 bits per heavy atom. The second kappa shape index (κ2) is 8.45. The van der Waals surface area contributed by atoms with Crippen LogP contribution in [0, 0.1) is 0 Å². The lowest BCUT2D eigenvalue weighted by atomic mass is 9.84. The third-order valence-electron chi connectivity index (χ3n) is 6.31. The number of nitrogens with zero attached hydrogens (tertiary/aromatic N) is 2. The number of rotatable bonds is 4. The summed E-state index contributed by atoms with van der Waals surface area (Å²) in [5.41, 5.74) is 6.73. The molecule has 0 saturated heterocycles. The molecule has 0 radical (unpaired) electrons. The lowest BCUT2D eigenvalue weighted by Gasteiger charge is -2.36. The predicted octanol–water partition coefficient (Wildman–Crippen LogP) is 5.07. The van der Waals surface area contributed by atoms with Crippen LogP contribution in [0.4, 0.5) is 11.4 Å². The monoisotopic (exact) mass is 436 g/mol. The van der Waals surface area contributed by atoms with Crippen molar-refractivity contribution in [3.63, 3.8) is 0 Å². The van der Waals surface area contributed by atoms with Crippen LogP contribution in [0.15, 0.2) is 97.1 Å². The Morgan fingerprint density at radius 2 is 1.03 bits per heavy atom. The van der Waals surface area contributed by atoms with Gasteiger partial charge in [-0.2, -0.15) is 0 Å². The third kappa shape index (κ3) is 3.59. The number of benzene rings is 4. The minimum absolute atomic E-state index is 0.246. The van der Waals surface area contributed by atoms with Crippen LogP contribution in [0.5, 0.6) is 0 Å². The molecule has 2 nitrogen and oxygen atoms in total. The van der Waals surface area contributed by atoms with Crippen LogP contribution in [0.2, 0.25) is 0 Å². The highest BCUT2D eigenvalue weighted by Gasteiger charge is 2.34. The molecule has 0 fully saturated rings. The van der Waals surface area contributed by atoms with E-state index >= 15 is 0 Å². The minimum atomic E-state index is -0.651. The van der Waals surface area contributed by atoms with Crippen molar-refractivity contribution in [2.45, 2.75) is 5.92 Å². The molecule has 1 aliphatic heterocycles. The Kier molecular flexibility index (Phi) is 5.49. The largest absolute Gasteiger partial charge is 0.378 e. The van der Waals surface area contributed by atoms with Gasteiger partial charge in [0.05, 0.1) is 0 Å². The van der Waals surface area contributed by atoms with Gasteiger partial charge in [-0.25, -0.2) is 0 Å². The molecule has 160 valence electrons. The van der Waals surface area contributed by atoms with Gasteiger partial charge < -0.3 is 9.80 Å². The summed E-state index contributed by atoms with van der Waals surface area (Å²) in [6, 6.07) is 36.1. The fourth-order valence-corrected chi connectivity index (χ4v) is 7.39. The van der Waals surface area contributed by atoms with E-state index in [1.807, 2.05) is 0 Å². The molecule has 32 heavy (non-hydrogen) atoms. The number of anilines is 2. The normalized spacial score (nSPS) is 16.8. The second-order valence-corrected chi connectivity index (χ2v) is 10.9. The quantitative estimate of drug-likeness (QED) is 0.363. The second-order valence-electron chi connectivity index (χ2n) is 8.79. The summed E-state index contributed by atoms with van der Waals surface area (Å²) in [6.07, 6.45) is 0. The van der Waals surface area contributed by atoms with E-state index in [9.17, 15) is 0 Å². The number of hydrogen-bond acceptors (Lipinski definition) is 2. The van der Waals surface area contributed by atoms with Gasteiger partial charge in [0.2, 0.25) is 0 Å². The lowest BCUT2D eigenvalue weighted by molar-refractivity contribution is 0.985. The van der Waals surface area contributed by atoms with E-state index < -0.39 is 7.92 Å². The molecular weight excluding hydrogens is 407 g/mol. The van der Waals surface area contributed by atoms with Crippen molar-refractivity contribution < 1.29 is 0 Å². The Bertz CT molecular complexity index is 1170. The Balaban J connectivity index is 1.83. The van der Waals surface area contributed by atoms with E-state index in [0.717, 1.165) is 0 Å². The predicted molar refractivity (Wildman–Crippen MR) is 141 cm³/mol. The van der Waals surface area contributed by atoms with E-state index in [1.165, 1.54) is 44.0 Å². The van der Waals surface area contributed by atoms with E-state index in [-0.39, 0.29) is 5.92 Å². The molecule has 0 amide bonds. The first-order valence-electron chi connectivity index (χ1n) is 11.1. The smallest absolute Gasteiger partial charge is 0.0367 e. The van der Waals surface area contributed by atoms with Crippen LogP contribution in [-0.4, -0.2) is 28.2 Å². The summed E-state index contributed by atoms with van der Waals surface area (Å²) in [5, 5.41) is 4.34. The zero-order valence-electron chi connectivity index (χ0n) is 19.2. The van der Waals surface area contributed by atoms with E-state index in [4.69, 9.17) is 0 Å². The molecule has 1 heterocycles. The van der Waals surface area contributed by atoms with Gasteiger partial charge in [-0.3, -0.25) is 0 Å². The van der Waals surface area contributed by atoms with E-state index in [2.05, 4.69) is 135 Å². The summed E-state index contributed by atoms with van der Waals surface area (Å²) in [7, 11) is 7.86. The Hall–Kier alpha value is -3.09. The summed E-state index contributed by atoms with van der Waals surface area (Å²) in [4.78, 5) is 4.42. The molecule has 0 N–H and O–H groups in total. The van der Waals surface area contributed by atoms with Gasteiger partial charge in [-0.1, -0.05) is 72.8 Å². The topological polar surface area (TPSA) is 6.48 Å². The van der Waals surface area contributed by atoms with Crippen LogP contribution in [0.3, 0.4) is 0 Å². The van der Waals surface area contributed by atoms with Crippen LogP contribution in [0.1, 0.15) is 22.6 Å². The van der Waals surface area contributed by atoms with Crippen LogP contribution < -0.4 is 25.7 Å². The average molecular weight is 437 g/mol. The van der Waals surface area contributed by atoms with E-state index in [1.54, 1.807) is 0 Å². The Labute approximate surface area is 192 Å². The van der Waals surface area contributed by atoms with Crippen molar-refractivity contribution in [1.29, 1.82) is 0 Å². The molecule has 3 heteroatoms. The number of hydrogen-bond donors (Lipinski definition) is 0. The van der Waals surface area contributed by atoms with E-state index in [0.29, 0.717) is 0 Å². The van der Waals surface area contributed by atoms with Crippen LogP contribution in [0.25, 0.3) is 0 Å². The SMILES string of the molecule is CN(C)c1ccc2c(c1)P(c1ccccc1)c1cc(N(C)C)ccc1C2c1ccccc1. The van der Waals surface area contributed by atoms with Crippen molar-refractivity contribution in [3.05, 3.63) is 114 Å². The summed E-state index contributed by atoms with van der Waals surface area (Å²) >= 11 is 0. The molecule has 0 spiro atoms. The van der Waals surface area contributed by atoms with Crippen LogP contribution in [-0.2, 0) is 0 Å². The summed E-state index contributed by atoms with van der Waals surface area (Å²) in [5.74, 6) is 0.246.